The second-order valence-corrected chi connectivity index (χ2v) is 6.37. The van der Waals surface area contributed by atoms with Gasteiger partial charge < -0.3 is 14.2 Å². The third-order valence-corrected chi connectivity index (χ3v) is 4.29. The molecule has 3 aromatic rings. The highest BCUT2D eigenvalue weighted by atomic mass is 16.5. The van der Waals surface area contributed by atoms with Gasteiger partial charge in [0.05, 0.1) is 24.8 Å². The zero-order valence-corrected chi connectivity index (χ0v) is 16.2. The van der Waals surface area contributed by atoms with Gasteiger partial charge in [0, 0.05) is 0 Å². The van der Waals surface area contributed by atoms with Gasteiger partial charge in [-0.05, 0) is 60.9 Å². The van der Waals surface area contributed by atoms with E-state index >= 15 is 0 Å². The topological polar surface area (TPSA) is 61.8 Å². The Hall–Kier alpha value is -3.60. The lowest BCUT2D eigenvalue weighted by molar-refractivity contribution is 0.0498. The molecule has 0 atom stereocenters. The Labute approximate surface area is 169 Å². The van der Waals surface area contributed by atoms with Crippen LogP contribution in [0.15, 0.2) is 78.9 Å². The van der Waals surface area contributed by atoms with Gasteiger partial charge in [-0.2, -0.15) is 0 Å². The van der Waals surface area contributed by atoms with E-state index in [0.717, 1.165) is 12.8 Å². The number of hydrogen-bond donors (Lipinski definition) is 0. The molecule has 0 heterocycles. The standard InChI is InChI=1S/C24H22O5/c1-27-21-14-12-19(13-15-21)24(26)29-22-11-5-10-20(17-22)23(25)28-16-6-9-18-7-3-2-4-8-18/h2-5,7-8,10-15,17H,6,9,16H2,1H3. The molecule has 0 amide bonds. The number of rotatable bonds is 8. The Kier molecular flexibility index (Phi) is 7.00. The number of esters is 2. The molecule has 148 valence electrons. The highest BCUT2D eigenvalue weighted by Gasteiger charge is 2.12. The van der Waals surface area contributed by atoms with Gasteiger partial charge in [0.15, 0.2) is 0 Å². The lowest BCUT2D eigenvalue weighted by Gasteiger charge is -2.08. The average Bonchev–Trinajstić information content (AvgIpc) is 2.77. The molecule has 0 aliphatic heterocycles. The van der Waals surface area contributed by atoms with Crippen molar-refractivity contribution in [2.45, 2.75) is 12.8 Å². The van der Waals surface area contributed by atoms with Crippen LogP contribution in [0.3, 0.4) is 0 Å². The molecule has 0 saturated carbocycles. The first-order chi connectivity index (χ1) is 14.2. The first kappa shape index (κ1) is 20.1. The lowest BCUT2D eigenvalue weighted by atomic mass is 10.1. The van der Waals surface area contributed by atoms with Crippen molar-refractivity contribution < 1.29 is 23.8 Å². The summed E-state index contributed by atoms with van der Waals surface area (Å²) in [6, 6.07) is 23.0. The maximum Gasteiger partial charge on any atom is 0.343 e. The Morgan fingerprint density at radius 2 is 1.52 bits per heavy atom. The van der Waals surface area contributed by atoms with Crippen LogP contribution in [0.1, 0.15) is 32.7 Å². The quantitative estimate of drug-likeness (QED) is 0.317. The fourth-order valence-corrected chi connectivity index (χ4v) is 2.75. The van der Waals surface area contributed by atoms with Crippen LogP contribution < -0.4 is 9.47 Å². The minimum Gasteiger partial charge on any atom is -0.497 e. The van der Waals surface area contributed by atoms with Crippen molar-refractivity contribution in [1.29, 1.82) is 0 Å². The van der Waals surface area contributed by atoms with Crippen molar-refractivity contribution in [3.05, 3.63) is 95.6 Å². The van der Waals surface area contributed by atoms with Crippen molar-refractivity contribution in [3.8, 4) is 11.5 Å². The van der Waals surface area contributed by atoms with Crippen LogP contribution in [0.25, 0.3) is 0 Å². The summed E-state index contributed by atoms with van der Waals surface area (Å²) >= 11 is 0. The van der Waals surface area contributed by atoms with E-state index in [-0.39, 0.29) is 5.75 Å². The van der Waals surface area contributed by atoms with Crippen molar-refractivity contribution in [1.82, 2.24) is 0 Å². The maximum absolute atomic E-state index is 12.3. The van der Waals surface area contributed by atoms with Gasteiger partial charge in [-0.15, -0.1) is 0 Å². The highest BCUT2D eigenvalue weighted by Crippen LogP contribution is 2.18. The van der Waals surface area contributed by atoms with Crippen LogP contribution in [0, 0.1) is 0 Å². The van der Waals surface area contributed by atoms with Crippen molar-refractivity contribution >= 4 is 11.9 Å². The first-order valence-electron chi connectivity index (χ1n) is 9.33. The molecule has 0 aliphatic rings. The number of hydrogen-bond acceptors (Lipinski definition) is 5. The largest absolute Gasteiger partial charge is 0.497 e. The number of carbonyl (C=O) groups is 2. The molecule has 0 aromatic heterocycles. The third kappa shape index (κ3) is 5.94. The monoisotopic (exact) mass is 390 g/mol. The Morgan fingerprint density at radius 3 is 2.24 bits per heavy atom. The molecule has 5 heteroatoms. The van der Waals surface area contributed by atoms with Gasteiger partial charge in [-0.3, -0.25) is 0 Å². The van der Waals surface area contributed by atoms with Crippen LogP contribution in [0.2, 0.25) is 0 Å². The zero-order valence-electron chi connectivity index (χ0n) is 16.2. The summed E-state index contributed by atoms with van der Waals surface area (Å²) in [5.74, 6) is -0.0236. The van der Waals surface area contributed by atoms with Gasteiger partial charge in [-0.25, -0.2) is 9.59 Å². The molecule has 0 fully saturated rings. The normalized spacial score (nSPS) is 10.2. The summed E-state index contributed by atoms with van der Waals surface area (Å²) in [5, 5.41) is 0. The minimum absolute atomic E-state index is 0.282. The number of carbonyl (C=O) groups excluding carboxylic acids is 2. The first-order valence-corrected chi connectivity index (χ1v) is 9.33. The van der Waals surface area contributed by atoms with Crippen LogP contribution in [0.4, 0.5) is 0 Å². The van der Waals surface area contributed by atoms with E-state index in [1.807, 2.05) is 30.3 Å². The second kappa shape index (κ2) is 10.1. The van der Waals surface area contributed by atoms with E-state index in [2.05, 4.69) is 0 Å². The molecular weight excluding hydrogens is 368 g/mol. The number of methoxy groups -OCH3 is 1. The van der Waals surface area contributed by atoms with Gasteiger partial charge in [0.25, 0.3) is 0 Å². The molecule has 0 saturated heterocycles. The van der Waals surface area contributed by atoms with Crippen LogP contribution in [-0.4, -0.2) is 25.7 Å². The van der Waals surface area contributed by atoms with Gasteiger partial charge in [0.2, 0.25) is 0 Å². The minimum atomic E-state index is -0.513. The van der Waals surface area contributed by atoms with E-state index < -0.39 is 11.9 Å². The summed E-state index contributed by atoms with van der Waals surface area (Å²) in [5.41, 5.74) is 1.93. The maximum atomic E-state index is 12.3. The van der Waals surface area contributed by atoms with Crippen molar-refractivity contribution in [2.75, 3.05) is 13.7 Å². The van der Waals surface area contributed by atoms with Gasteiger partial charge in [-0.1, -0.05) is 36.4 Å². The Balaban J connectivity index is 1.52. The SMILES string of the molecule is COc1ccc(C(=O)Oc2cccc(C(=O)OCCCc3ccccc3)c2)cc1. The fraction of sp³-hybridized carbons (Fsp3) is 0.167. The predicted molar refractivity (Wildman–Crippen MR) is 109 cm³/mol. The second-order valence-electron chi connectivity index (χ2n) is 6.37. The van der Waals surface area contributed by atoms with Gasteiger partial charge >= 0.3 is 11.9 Å². The molecule has 0 spiro atoms. The van der Waals surface area contributed by atoms with E-state index in [4.69, 9.17) is 14.2 Å². The molecule has 0 radical (unpaired) electrons. The molecule has 0 bridgehead atoms. The molecule has 3 aromatic carbocycles. The molecule has 0 unspecified atom stereocenters. The molecule has 0 aliphatic carbocycles. The van der Waals surface area contributed by atoms with Crippen LogP contribution in [-0.2, 0) is 11.2 Å². The van der Waals surface area contributed by atoms with E-state index in [1.54, 1.807) is 49.6 Å². The van der Waals surface area contributed by atoms with Crippen LogP contribution in [0.5, 0.6) is 11.5 Å². The summed E-state index contributed by atoms with van der Waals surface area (Å²) in [4.78, 5) is 24.5. The van der Waals surface area contributed by atoms with E-state index in [9.17, 15) is 9.59 Å². The summed E-state index contributed by atoms with van der Waals surface area (Å²) < 4.78 is 15.8. The number of benzene rings is 3. The lowest BCUT2D eigenvalue weighted by Crippen LogP contribution is -2.10. The molecular formula is C24H22O5. The molecule has 0 N–H and O–H groups in total. The number of ether oxygens (including phenoxy) is 3. The summed E-state index contributed by atoms with van der Waals surface area (Å²) in [6.45, 7) is 0.323. The molecule has 5 nitrogen and oxygen atoms in total. The van der Waals surface area contributed by atoms with E-state index in [0.29, 0.717) is 23.5 Å². The average molecular weight is 390 g/mol. The number of aryl methyl sites for hydroxylation is 1. The summed E-state index contributed by atoms with van der Waals surface area (Å²) in [6.07, 6.45) is 1.58. The predicted octanol–water partition coefficient (Wildman–Crippen LogP) is 4.70. The Morgan fingerprint density at radius 1 is 0.759 bits per heavy atom. The molecule has 29 heavy (non-hydrogen) atoms. The molecule has 3 rings (SSSR count). The summed E-state index contributed by atoms with van der Waals surface area (Å²) in [7, 11) is 1.56. The smallest absolute Gasteiger partial charge is 0.343 e. The van der Waals surface area contributed by atoms with E-state index in [1.165, 1.54) is 11.6 Å². The van der Waals surface area contributed by atoms with Crippen molar-refractivity contribution in [3.63, 3.8) is 0 Å². The Bertz CT molecular complexity index is 949. The van der Waals surface area contributed by atoms with Crippen LogP contribution >= 0.6 is 0 Å². The zero-order chi connectivity index (χ0) is 20.5. The third-order valence-electron chi connectivity index (χ3n) is 4.29. The van der Waals surface area contributed by atoms with Gasteiger partial charge in [0.1, 0.15) is 11.5 Å². The fourth-order valence-electron chi connectivity index (χ4n) is 2.75. The highest BCUT2D eigenvalue weighted by molar-refractivity contribution is 5.92. The van der Waals surface area contributed by atoms with Crippen molar-refractivity contribution in [2.24, 2.45) is 0 Å².